The number of hydrogen-bond donors (Lipinski definition) is 2. The fourth-order valence-electron chi connectivity index (χ4n) is 3.33. The van der Waals surface area contributed by atoms with Crippen LogP contribution in [0.3, 0.4) is 0 Å². The molecule has 0 saturated heterocycles. The van der Waals surface area contributed by atoms with Crippen LogP contribution in [0.2, 0.25) is 0 Å². The summed E-state index contributed by atoms with van der Waals surface area (Å²) in [6.45, 7) is 2.52. The van der Waals surface area contributed by atoms with Crippen LogP contribution < -0.4 is 10.6 Å². The Morgan fingerprint density at radius 2 is 1.75 bits per heavy atom. The van der Waals surface area contributed by atoms with Crippen molar-refractivity contribution in [3.8, 4) is 0 Å². The number of carbonyl (C=O) groups is 3. The van der Waals surface area contributed by atoms with Crippen LogP contribution in [-0.4, -0.2) is 56.0 Å². The number of benzene rings is 1. The second-order valence-electron chi connectivity index (χ2n) is 7.28. The molecule has 154 valence electrons. The Kier molecular flexibility index (Phi) is 8.94. The van der Waals surface area contributed by atoms with E-state index in [1.165, 1.54) is 6.42 Å². The Hall–Kier alpha value is -2.41. The highest BCUT2D eigenvalue weighted by Crippen LogP contribution is 2.25. The van der Waals surface area contributed by atoms with Gasteiger partial charge in [-0.05, 0) is 31.9 Å². The summed E-state index contributed by atoms with van der Waals surface area (Å²) in [5.74, 6) is -0.655. The van der Waals surface area contributed by atoms with Crippen LogP contribution in [0, 0.1) is 12.8 Å². The van der Waals surface area contributed by atoms with Gasteiger partial charge in [0.25, 0.3) is 0 Å². The quantitative estimate of drug-likeness (QED) is 0.677. The lowest BCUT2D eigenvalue weighted by Gasteiger charge is -2.28. The number of rotatable bonds is 9. The molecule has 0 aliphatic heterocycles. The van der Waals surface area contributed by atoms with Crippen molar-refractivity contribution in [2.24, 2.45) is 5.92 Å². The van der Waals surface area contributed by atoms with Crippen LogP contribution in [0.25, 0.3) is 0 Å². The van der Waals surface area contributed by atoms with Gasteiger partial charge in [0.1, 0.15) is 0 Å². The van der Waals surface area contributed by atoms with Crippen LogP contribution in [0.1, 0.15) is 37.7 Å². The monoisotopic (exact) mass is 389 g/mol. The molecule has 0 atom stereocenters. The number of hydrogen-bond acceptors (Lipinski definition) is 4. The predicted octanol–water partition coefficient (Wildman–Crippen LogP) is 2.11. The molecule has 0 aromatic heterocycles. The minimum atomic E-state index is -0.348. The second-order valence-corrected chi connectivity index (χ2v) is 7.28. The third kappa shape index (κ3) is 7.31. The average molecular weight is 389 g/mol. The van der Waals surface area contributed by atoms with Crippen molar-refractivity contribution < 1.29 is 19.1 Å². The first-order chi connectivity index (χ1) is 13.5. The Balaban J connectivity index is 1.81. The maximum absolute atomic E-state index is 12.8. The molecule has 28 heavy (non-hydrogen) atoms. The van der Waals surface area contributed by atoms with Crippen molar-refractivity contribution in [1.29, 1.82) is 0 Å². The SMILES string of the molecule is COCCN(CC(=O)NCC(=O)Nc1ccc(C)cc1)C(=O)C1CCCCC1. The fraction of sp³-hybridized carbons (Fsp3) is 0.571. The van der Waals surface area contributed by atoms with Gasteiger partial charge in [0.15, 0.2) is 0 Å². The molecule has 1 saturated carbocycles. The van der Waals surface area contributed by atoms with E-state index in [1.807, 2.05) is 31.2 Å². The van der Waals surface area contributed by atoms with Crippen molar-refractivity contribution in [3.05, 3.63) is 29.8 Å². The first kappa shape index (κ1) is 21.9. The predicted molar refractivity (Wildman–Crippen MR) is 108 cm³/mol. The molecule has 2 N–H and O–H groups in total. The second kappa shape index (κ2) is 11.4. The minimum Gasteiger partial charge on any atom is -0.383 e. The van der Waals surface area contributed by atoms with Gasteiger partial charge < -0.3 is 20.3 Å². The smallest absolute Gasteiger partial charge is 0.243 e. The van der Waals surface area contributed by atoms with Crippen molar-refractivity contribution >= 4 is 23.4 Å². The standard InChI is InChI=1S/C21H31N3O4/c1-16-8-10-18(11-9-16)23-19(25)14-22-20(26)15-24(12-13-28-2)21(27)17-6-4-3-5-7-17/h8-11,17H,3-7,12-15H2,1-2H3,(H,22,26)(H,23,25). The molecule has 1 aliphatic carbocycles. The third-order valence-corrected chi connectivity index (χ3v) is 4.95. The number of anilines is 1. The van der Waals surface area contributed by atoms with Gasteiger partial charge in [0.2, 0.25) is 17.7 Å². The number of nitrogens with one attached hydrogen (secondary N) is 2. The van der Waals surface area contributed by atoms with Gasteiger partial charge >= 0.3 is 0 Å². The zero-order valence-corrected chi connectivity index (χ0v) is 16.8. The highest BCUT2D eigenvalue weighted by Gasteiger charge is 2.27. The van der Waals surface area contributed by atoms with E-state index in [-0.39, 0.29) is 36.7 Å². The molecule has 1 aromatic rings. The summed E-state index contributed by atoms with van der Waals surface area (Å²) >= 11 is 0. The maximum atomic E-state index is 12.8. The zero-order valence-electron chi connectivity index (χ0n) is 16.8. The molecule has 0 radical (unpaired) electrons. The van der Waals surface area contributed by atoms with Crippen LogP contribution in [0.15, 0.2) is 24.3 Å². The average Bonchev–Trinajstić information content (AvgIpc) is 2.71. The van der Waals surface area contributed by atoms with Crippen LogP contribution in [-0.2, 0) is 19.1 Å². The summed E-state index contributed by atoms with van der Waals surface area (Å²) < 4.78 is 5.07. The maximum Gasteiger partial charge on any atom is 0.243 e. The van der Waals surface area contributed by atoms with Gasteiger partial charge in [0, 0.05) is 25.3 Å². The summed E-state index contributed by atoms with van der Waals surface area (Å²) in [5.41, 5.74) is 1.78. The van der Waals surface area contributed by atoms with E-state index in [2.05, 4.69) is 10.6 Å². The molecular weight excluding hydrogens is 358 g/mol. The Labute approximate surface area is 166 Å². The molecule has 0 heterocycles. The molecule has 3 amide bonds. The van der Waals surface area contributed by atoms with Crippen LogP contribution in [0.4, 0.5) is 5.69 Å². The van der Waals surface area contributed by atoms with E-state index in [1.54, 1.807) is 12.0 Å². The van der Waals surface area contributed by atoms with Crippen molar-refractivity contribution in [1.82, 2.24) is 10.2 Å². The van der Waals surface area contributed by atoms with Crippen LogP contribution in [0.5, 0.6) is 0 Å². The Morgan fingerprint density at radius 1 is 1.07 bits per heavy atom. The van der Waals surface area contributed by atoms with Crippen LogP contribution >= 0.6 is 0 Å². The summed E-state index contributed by atoms with van der Waals surface area (Å²) in [6, 6.07) is 7.42. The summed E-state index contributed by atoms with van der Waals surface area (Å²) in [7, 11) is 1.57. The van der Waals surface area contributed by atoms with Gasteiger partial charge in [-0.2, -0.15) is 0 Å². The molecule has 1 aromatic carbocycles. The van der Waals surface area contributed by atoms with Crippen molar-refractivity contribution in [2.45, 2.75) is 39.0 Å². The summed E-state index contributed by atoms with van der Waals surface area (Å²) in [6.07, 6.45) is 5.03. The number of methoxy groups -OCH3 is 1. The number of aryl methyl sites for hydroxylation is 1. The lowest BCUT2D eigenvalue weighted by molar-refractivity contribution is -0.141. The van der Waals surface area contributed by atoms with E-state index in [0.29, 0.717) is 18.8 Å². The molecule has 1 aliphatic rings. The number of carbonyl (C=O) groups excluding carboxylic acids is 3. The van der Waals surface area contributed by atoms with E-state index < -0.39 is 0 Å². The highest BCUT2D eigenvalue weighted by molar-refractivity contribution is 5.95. The Morgan fingerprint density at radius 3 is 2.39 bits per heavy atom. The first-order valence-electron chi connectivity index (χ1n) is 9.90. The molecule has 0 unspecified atom stereocenters. The van der Waals surface area contributed by atoms with E-state index >= 15 is 0 Å². The Bertz CT molecular complexity index is 654. The van der Waals surface area contributed by atoms with Gasteiger partial charge in [-0.3, -0.25) is 14.4 Å². The first-order valence-corrected chi connectivity index (χ1v) is 9.90. The zero-order chi connectivity index (χ0) is 20.4. The highest BCUT2D eigenvalue weighted by atomic mass is 16.5. The largest absolute Gasteiger partial charge is 0.383 e. The van der Waals surface area contributed by atoms with Gasteiger partial charge in [-0.1, -0.05) is 37.0 Å². The molecule has 7 nitrogen and oxygen atoms in total. The number of nitrogens with zero attached hydrogens (tertiary/aromatic N) is 1. The van der Waals surface area contributed by atoms with Crippen molar-refractivity contribution in [2.75, 3.05) is 38.7 Å². The summed E-state index contributed by atoms with van der Waals surface area (Å²) in [5, 5.41) is 5.33. The topological polar surface area (TPSA) is 87.7 Å². The molecule has 2 rings (SSSR count). The lowest BCUT2D eigenvalue weighted by atomic mass is 9.88. The molecular formula is C21H31N3O4. The van der Waals surface area contributed by atoms with Crippen molar-refractivity contribution in [3.63, 3.8) is 0 Å². The van der Waals surface area contributed by atoms with E-state index in [0.717, 1.165) is 31.2 Å². The normalized spacial score (nSPS) is 14.4. The number of ether oxygens (including phenoxy) is 1. The number of amides is 3. The molecule has 0 spiro atoms. The van der Waals surface area contributed by atoms with Gasteiger partial charge in [-0.15, -0.1) is 0 Å². The van der Waals surface area contributed by atoms with E-state index in [4.69, 9.17) is 4.74 Å². The molecule has 1 fully saturated rings. The lowest BCUT2D eigenvalue weighted by Crippen LogP contribution is -2.46. The van der Waals surface area contributed by atoms with Gasteiger partial charge in [0.05, 0.1) is 19.7 Å². The fourth-order valence-corrected chi connectivity index (χ4v) is 3.33. The molecule has 0 bridgehead atoms. The minimum absolute atomic E-state index is 0.0102. The molecule has 7 heteroatoms. The van der Waals surface area contributed by atoms with E-state index in [9.17, 15) is 14.4 Å². The van der Waals surface area contributed by atoms with Gasteiger partial charge in [-0.25, -0.2) is 0 Å². The summed E-state index contributed by atoms with van der Waals surface area (Å²) in [4.78, 5) is 38.6. The third-order valence-electron chi connectivity index (χ3n) is 4.95.